The lowest BCUT2D eigenvalue weighted by Gasteiger charge is -2.12. The minimum Gasteiger partial charge on any atom is -0.370 e. The van der Waals surface area contributed by atoms with Crippen LogP contribution in [-0.2, 0) is 22.6 Å². The fourth-order valence-corrected chi connectivity index (χ4v) is 3.74. The second-order valence-electron chi connectivity index (χ2n) is 4.42. The third kappa shape index (κ3) is 2.13. The van der Waals surface area contributed by atoms with E-state index in [-0.39, 0.29) is 11.7 Å². The first-order valence-corrected chi connectivity index (χ1v) is 8.28. The van der Waals surface area contributed by atoms with Gasteiger partial charge < -0.3 is 4.74 Å². The van der Waals surface area contributed by atoms with E-state index >= 15 is 0 Å². The Bertz CT molecular complexity index is 716. The molecule has 3 heterocycles. The van der Waals surface area contributed by atoms with Crippen molar-refractivity contribution in [3.05, 3.63) is 16.2 Å². The Morgan fingerprint density at radius 1 is 1.47 bits per heavy atom. The number of fused-ring (bicyclic) bond motifs is 1. The van der Waals surface area contributed by atoms with Crippen LogP contribution in [0.4, 0.5) is 0 Å². The van der Waals surface area contributed by atoms with Crippen molar-refractivity contribution in [3.8, 4) is 0 Å². The quantitative estimate of drug-likeness (QED) is 0.826. The molecule has 1 fully saturated rings. The second kappa shape index (κ2) is 4.77. The van der Waals surface area contributed by atoms with Gasteiger partial charge in [0.15, 0.2) is 14.7 Å². The highest BCUT2D eigenvalue weighted by molar-refractivity contribution is 7.86. The molecule has 2 atom stereocenters. The van der Waals surface area contributed by atoms with E-state index in [9.17, 15) is 9.00 Å². The lowest BCUT2D eigenvalue weighted by atomic mass is 10.2. The van der Waals surface area contributed by atoms with Crippen LogP contribution in [0, 0.1) is 0 Å². The molecule has 8 heteroatoms. The highest BCUT2D eigenvalue weighted by Gasteiger charge is 2.24. The Morgan fingerprint density at radius 3 is 2.89 bits per heavy atom. The summed E-state index contributed by atoms with van der Waals surface area (Å²) in [6.07, 6.45) is 3.27. The first kappa shape index (κ1) is 12.9. The standard InChI is InChI=1S/C11H13N3O3S2/c1-14-8(6-4-3-5-17-6)13-9-7(10(14)15)12-11(18-9)19(2)16/h6H,3-5H2,1-2H3. The fourth-order valence-electron chi connectivity index (χ4n) is 2.14. The molecule has 0 bridgehead atoms. The second-order valence-corrected chi connectivity index (χ2v) is 6.95. The van der Waals surface area contributed by atoms with Crippen molar-refractivity contribution in [2.24, 2.45) is 7.05 Å². The molecule has 2 aromatic heterocycles. The van der Waals surface area contributed by atoms with Crippen LogP contribution in [0.15, 0.2) is 9.13 Å². The smallest absolute Gasteiger partial charge is 0.280 e. The summed E-state index contributed by atoms with van der Waals surface area (Å²) >= 11 is 1.21. The monoisotopic (exact) mass is 299 g/mol. The summed E-state index contributed by atoms with van der Waals surface area (Å²) in [4.78, 5) is 21.4. The Hall–Kier alpha value is -1.12. The molecule has 0 amide bonds. The van der Waals surface area contributed by atoms with Crippen molar-refractivity contribution >= 4 is 32.5 Å². The van der Waals surface area contributed by atoms with Gasteiger partial charge in [0.2, 0.25) is 0 Å². The van der Waals surface area contributed by atoms with E-state index in [1.54, 1.807) is 13.3 Å². The zero-order valence-corrected chi connectivity index (χ0v) is 12.2. The molecule has 2 unspecified atom stereocenters. The fraction of sp³-hybridized carbons (Fsp3) is 0.545. The summed E-state index contributed by atoms with van der Waals surface area (Å²) in [6.45, 7) is 0.700. The van der Waals surface area contributed by atoms with Gasteiger partial charge in [-0.05, 0) is 12.8 Å². The first-order chi connectivity index (χ1) is 9.08. The van der Waals surface area contributed by atoms with Gasteiger partial charge in [-0.3, -0.25) is 13.6 Å². The minimum absolute atomic E-state index is 0.125. The van der Waals surface area contributed by atoms with Crippen LogP contribution in [0.3, 0.4) is 0 Å². The van der Waals surface area contributed by atoms with Gasteiger partial charge >= 0.3 is 0 Å². The zero-order chi connectivity index (χ0) is 13.6. The maximum Gasteiger partial charge on any atom is 0.280 e. The van der Waals surface area contributed by atoms with E-state index in [0.717, 1.165) is 12.8 Å². The Morgan fingerprint density at radius 2 is 2.26 bits per heavy atom. The van der Waals surface area contributed by atoms with Gasteiger partial charge in [0.25, 0.3) is 5.56 Å². The normalized spacial score (nSPS) is 21.1. The predicted molar refractivity (Wildman–Crippen MR) is 72.9 cm³/mol. The topological polar surface area (TPSA) is 74.1 Å². The summed E-state index contributed by atoms with van der Waals surface area (Å²) < 4.78 is 19.0. The molecular formula is C11H13N3O3S2. The third-order valence-corrected chi connectivity index (χ3v) is 5.40. The summed E-state index contributed by atoms with van der Waals surface area (Å²) in [6, 6.07) is 0. The number of hydrogen-bond acceptors (Lipinski definition) is 6. The van der Waals surface area contributed by atoms with E-state index in [1.165, 1.54) is 15.9 Å². The van der Waals surface area contributed by atoms with Crippen LogP contribution >= 0.6 is 11.3 Å². The SMILES string of the molecule is Cn1c(C2CCCO2)nc2sc(S(C)=O)nc2c1=O. The van der Waals surface area contributed by atoms with Crippen molar-refractivity contribution < 1.29 is 8.95 Å². The maximum absolute atomic E-state index is 12.3. The minimum atomic E-state index is -1.20. The van der Waals surface area contributed by atoms with Gasteiger partial charge in [-0.1, -0.05) is 11.3 Å². The molecule has 1 aliphatic rings. The highest BCUT2D eigenvalue weighted by atomic mass is 32.2. The molecule has 1 aliphatic heterocycles. The Kier molecular flexibility index (Phi) is 3.23. The average molecular weight is 299 g/mol. The number of thiazole rings is 1. The van der Waals surface area contributed by atoms with E-state index in [4.69, 9.17) is 4.74 Å². The van der Waals surface area contributed by atoms with Gasteiger partial charge in [0, 0.05) is 19.9 Å². The molecule has 0 aromatic carbocycles. The lowest BCUT2D eigenvalue weighted by molar-refractivity contribution is 0.102. The van der Waals surface area contributed by atoms with Crippen LogP contribution in [-0.4, -0.2) is 31.6 Å². The van der Waals surface area contributed by atoms with Gasteiger partial charge in [-0.25, -0.2) is 9.97 Å². The molecule has 2 aromatic rings. The number of rotatable bonds is 2. The van der Waals surface area contributed by atoms with Crippen molar-refractivity contribution in [3.63, 3.8) is 0 Å². The number of aromatic nitrogens is 3. The van der Waals surface area contributed by atoms with Gasteiger partial charge in [-0.15, -0.1) is 0 Å². The molecule has 6 nitrogen and oxygen atoms in total. The van der Waals surface area contributed by atoms with E-state index in [2.05, 4.69) is 9.97 Å². The first-order valence-electron chi connectivity index (χ1n) is 5.90. The molecule has 3 rings (SSSR count). The maximum atomic E-state index is 12.3. The molecule has 0 radical (unpaired) electrons. The third-order valence-electron chi connectivity index (χ3n) is 3.12. The predicted octanol–water partition coefficient (Wildman–Crippen LogP) is 0.979. The number of nitrogens with zero attached hydrogens (tertiary/aromatic N) is 3. The van der Waals surface area contributed by atoms with Crippen molar-refractivity contribution in [1.82, 2.24) is 14.5 Å². The number of ether oxygens (including phenoxy) is 1. The van der Waals surface area contributed by atoms with Crippen LogP contribution in [0.25, 0.3) is 10.3 Å². The molecule has 1 saturated heterocycles. The lowest BCUT2D eigenvalue weighted by Crippen LogP contribution is -2.24. The summed E-state index contributed by atoms with van der Waals surface area (Å²) in [5.74, 6) is 0.632. The highest BCUT2D eigenvalue weighted by Crippen LogP contribution is 2.28. The molecule has 19 heavy (non-hydrogen) atoms. The van der Waals surface area contributed by atoms with Gasteiger partial charge in [0.1, 0.15) is 11.9 Å². The molecule has 0 N–H and O–H groups in total. The molecule has 0 aliphatic carbocycles. The molecule has 0 saturated carbocycles. The average Bonchev–Trinajstić information content (AvgIpc) is 3.02. The summed E-state index contributed by atoms with van der Waals surface area (Å²) in [7, 11) is 0.477. The zero-order valence-electron chi connectivity index (χ0n) is 10.6. The Balaban J connectivity index is 2.22. The summed E-state index contributed by atoms with van der Waals surface area (Å²) in [5, 5.41) is 0. The van der Waals surface area contributed by atoms with Gasteiger partial charge in [-0.2, -0.15) is 0 Å². The molecule has 102 valence electrons. The Labute approximate surface area is 115 Å². The molecule has 0 spiro atoms. The molecular weight excluding hydrogens is 286 g/mol. The van der Waals surface area contributed by atoms with Crippen molar-refractivity contribution in [2.45, 2.75) is 23.3 Å². The largest absolute Gasteiger partial charge is 0.370 e. The van der Waals surface area contributed by atoms with Gasteiger partial charge in [0.05, 0.1) is 10.8 Å². The van der Waals surface area contributed by atoms with E-state index in [0.29, 0.717) is 27.1 Å². The van der Waals surface area contributed by atoms with Crippen LogP contribution < -0.4 is 5.56 Å². The van der Waals surface area contributed by atoms with E-state index in [1.807, 2.05) is 0 Å². The van der Waals surface area contributed by atoms with Crippen LogP contribution in [0.5, 0.6) is 0 Å². The van der Waals surface area contributed by atoms with Crippen LogP contribution in [0.1, 0.15) is 24.8 Å². The van der Waals surface area contributed by atoms with E-state index < -0.39 is 10.8 Å². The van der Waals surface area contributed by atoms with Crippen molar-refractivity contribution in [1.29, 1.82) is 0 Å². The van der Waals surface area contributed by atoms with Crippen LogP contribution in [0.2, 0.25) is 0 Å². The summed E-state index contributed by atoms with van der Waals surface area (Å²) in [5.41, 5.74) is 0.0860. The van der Waals surface area contributed by atoms with Crippen molar-refractivity contribution in [2.75, 3.05) is 12.9 Å². The number of hydrogen-bond donors (Lipinski definition) is 0.